The summed E-state index contributed by atoms with van der Waals surface area (Å²) in [7, 11) is -3.38. The highest BCUT2D eigenvalue weighted by atomic mass is 35.5. The topological polar surface area (TPSA) is 72.5 Å². The lowest BCUT2D eigenvalue weighted by molar-refractivity contribution is -0.274. The van der Waals surface area contributed by atoms with Crippen molar-refractivity contribution in [2.24, 2.45) is 0 Å². The van der Waals surface area contributed by atoms with Gasteiger partial charge < -0.3 is 10.1 Å². The molecule has 0 spiro atoms. The van der Waals surface area contributed by atoms with E-state index in [0.717, 1.165) is 10.1 Å². The lowest BCUT2D eigenvalue weighted by Crippen LogP contribution is -2.27. The molecule has 0 saturated heterocycles. The van der Waals surface area contributed by atoms with Crippen molar-refractivity contribution in [3.05, 3.63) is 92.8 Å². The van der Waals surface area contributed by atoms with E-state index in [1.807, 2.05) is 13.8 Å². The number of ether oxygens (including phenoxy) is 1. The number of nitrogens with one attached hydrogen (secondary N) is 1. The lowest BCUT2D eigenvalue weighted by Gasteiger charge is -2.28. The van der Waals surface area contributed by atoms with Gasteiger partial charge in [0.1, 0.15) is 5.75 Å². The van der Waals surface area contributed by atoms with Gasteiger partial charge in [-0.3, -0.25) is 4.79 Å². The lowest BCUT2D eigenvalue weighted by atomic mass is 9.77. The van der Waals surface area contributed by atoms with Crippen LogP contribution in [-0.4, -0.2) is 26.9 Å². The Labute approximate surface area is 257 Å². The summed E-state index contributed by atoms with van der Waals surface area (Å²) in [6, 6.07) is 16.2. The first-order valence-electron chi connectivity index (χ1n) is 13.0. The number of thiophene rings is 1. The van der Waals surface area contributed by atoms with Gasteiger partial charge in [0, 0.05) is 32.6 Å². The molecule has 0 aliphatic carbocycles. The van der Waals surface area contributed by atoms with Gasteiger partial charge in [0.2, 0.25) is 0 Å². The first-order valence-corrected chi connectivity index (χ1v) is 16.1. The van der Waals surface area contributed by atoms with E-state index < -0.39 is 32.3 Å². The smallest absolute Gasteiger partial charge is 0.406 e. The number of anilines is 1. The van der Waals surface area contributed by atoms with Gasteiger partial charge in [0.15, 0.2) is 9.84 Å². The van der Waals surface area contributed by atoms with E-state index in [2.05, 4.69) is 21.9 Å². The number of hydrogen-bond donors (Lipinski definition) is 1. The average molecular weight is 648 g/mol. The molecule has 0 unspecified atom stereocenters. The average Bonchev–Trinajstić information content (AvgIpc) is 3.30. The fourth-order valence-electron chi connectivity index (χ4n) is 4.49. The van der Waals surface area contributed by atoms with Crippen LogP contribution in [0.1, 0.15) is 66.5 Å². The van der Waals surface area contributed by atoms with Gasteiger partial charge in [0.05, 0.1) is 9.62 Å². The number of hydrogen-bond acceptors (Lipinski definition) is 5. The third-order valence-electron chi connectivity index (χ3n) is 7.37. The van der Waals surface area contributed by atoms with Crippen molar-refractivity contribution in [1.29, 1.82) is 0 Å². The van der Waals surface area contributed by atoms with E-state index in [9.17, 15) is 26.4 Å². The van der Waals surface area contributed by atoms with Crippen LogP contribution in [0.2, 0.25) is 5.02 Å². The number of fused-ring (bicyclic) bond motifs is 1. The van der Waals surface area contributed by atoms with Crippen LogP contribution in [-0.2, 0) is 20.0 Å². The van der Waals surface area contributed by atoms with Crippen molar-refractivity contribution in [2.75, 3.05) is 11.6 Å². The summed E-state index contributed by atoms with van der Waals surface area (Å²) in [6.45, 7) is 8.50. The predicted molar refractivity (Wildman–Crippen MR) is 167 cm³/mol. The molecule has 43 heavy (non-hydrogen) atoms. The third kappa shape index (κ3) is 7.18. The zero-order chi connectivity index (χ0) is 32.0. The second kappa shape index (κ2) is 11.5. The van der Waals surface area contributed by atoms with Gasteiger partial charge >= 0.3 is 6.36 Å². The van der Waals surface area contributed by atoms with Crippen LogP contribution in [0.4, 0.5) is 18.9 Å². The molecule has 1 N–H and O–H groups in total. The summed E-state index contributed by atoms with van der Waals surface area (Å²) in [5.41, 5.74) is 1.65. The molecule has 0 atom stereocenters. The van der Waals surface area contributed by atoms with E-state index in [0.29, 0.717) is 37.8 Å². The van der Waals surface area contributed by atoms with Crippen LogP contribution in [0.5, 0.6) is 5.75 Å². The van der Waals surface area contributed by atoms with E-state index in [1.54, 1.807) is 69.3 Å². The highest BCUT2D eigenvalue weighted by Gasteiger charge is 2.34. The first kappa shape index (κ1) is 32.4. The molecule has 4 rings (SSSR count). The molecule has 0 aliphatic heterocycles. The number of benzene rings is 3. The zero-order valence-electron chi connectivity index (χ0n) is 24.2. The van der Waals surface area contributed by atoms with E-state index >= 15 is 0 Å². The zero-order valence-corrected chi connectivity index (χ0v) is 26.6. The monoisotopic (exact) mass is 647 g/mol. The Hall–Kier alpha value is -3.52. The Morgan fingerprint density at radius 1 is 0.930 bits per heavy atom. The van der Waals surface area contributed by atoms with Gasteiger partial charge in [-0.2, -0.15) is 0 Å². The number of alkyl halides is 3. The maximum absolute atomic E-state index is 13.3. The summed E-state index contributed by atoms with van der Waals surface area (Å²) in [5, 5.41) is 3.92. The largest absolute Gasteiger partial charge is 0.573 e. The molecule has 0 bridgehead atoms. The predicted octanol–water partition coefficient (Wildman–Crippen LogP) is 8.68. The second-order valence-electron chi connectivity index (χ2n) is 11.1. The fourth-order valence-corrected chi connectivity index (χ4v) is 6.22. The highest BCUT2D eigenvalue weighted by molar-refractivity contribution is 7.91. The maximum Gasteiger partial charge on any atom is 0.573 e. The Bertz CT molecular complexity index is 1900. The van der Waals surface area contributed by atoms with Gasteiger partial charge in [-0.05, 0) is 97.4 Å². The van der Waals surface area contributed by atoms with Crippen molar-refractivity contribution in [2.45, 2.75) is 51.1 Å². The molecule has 226 valence electrons. The number of rotatable bonds is 7. The van der Waals surface area contributed by atoms with Crippen LogP contribution in [0, 0.1) is 11.8 Å². The minimum atomic E-state index is -4.87. The van der Waals surface area contributed by atoms with Crippen LogP contribution >= 0.6 is 22.9 Å². The molecular weight excluding hydrogens is 619 g/mol. The fraction of sp³-hybridized carbons (Fsp3) is 0.281. The number of halogens is 4. The minimum absolute atomic E-state index is 0.320. The summed E-state index contributed by atoms with van der Waals surface area (Å²) in [6.07, 6.45) is -3.68. The molecular formula is C32H29ClF3NO4S2. The van der Waals surface area contributed by atoms with E-state index in [-0.39, 0.29) is 5.75 Å². The van der Waals surface area contributed by atoms with Crippen LogP contribution in [0.15, 0.2) is 60.7 Å². The van der Waals surface area contributed by atoms with Crippen LogP contribution in [0.25, 0.3) is 10.1 Å². The van der Waals surface area contributed by atoms with Crippen molar-refractivity contribution in [3.8, 4) is 17.6 Å². The van der Waals surface area contributed by atoms with Crippen molar-refractivity contribution in [1.82, 2.24) is 0 Å². The molecule has 0 saturated carbocycles. The molecule has 4 aromatic rings. The standard InChI is InChI=1S/C32H29ClF3NO4S2/c1-7-8-19-11-22(17-26(12-19)41-32(34,35)36)30(2,3)23-15-24(33)18-25(16-23)37-29(38)28-14-20-13-21(9-10-27(20)42-28)31(4,5)43(6,39)40/h9-18H,1-6H3,(H,37,38). The van der Waals surface area contributed by atoms with E-state index in [1.165, 1.54) is 29.7 Å². The van der Waals surface area contributed by atoms with E-state index in [4.69, 9.17) is 11.6 Å². The molecule has 0 radical (unpaired) electrons. The first-order chi connectivity index (χ1) is 19.8. The number of carbonyl (C=O) groups excluding carboxylic acids is 1. The van der Waals surface area contributed by atoms with Gasteiger partial charge in [-0.1, -0.05) is 37.4 Å². The quantitative estimate of drug-likeness (QED) is 0.204. The summed E-state index contributed by atoms with van der Waals surface area (Å²) in [4.78, 5) is 13.7. The maximum atomic E-state index is 13.3. The van der Waals surface area contributed by atoms with Crippen molar-refractivity contribution < 1.29 is 31.1 Å². The van der Waals surface area contributed by atoms with Gasteiger partial charge in [-0.25, -0.2) is 8.42 Å². The summed E-state index contributed by atoms with van der Waals surface area (Å²) >= 11 is 7.70. The number of sulfone groups is 1. The molecule has 0 aliphatic rings. The second-order valence-corrected chi connectivity index (χ2v) is 15.2. The molecule has 5 nitrogen and oxygen atoms in total. The summed E-state index contributed by atoms with van der Waals surface area (Å²) < 4.78 is 67.6. The Morgan fingerprint density at radius 3 is 2.23 bits per heavy atom. The Morgan fingerprint density at radius 2 is 1.60 bits per heavy atom. The number of amides is 1. The number of carbonyl (C=O) groups is 1. The third-order valence-corrected chi connectivity index (χ3v) is 10.8. The van der Waals surface area contributed by atoms with Crippen molar-refractivity contribution >= 4 is 54.5 Å². The van der Waals surface area contributed by atoms with Crippen molar-refractivity contribution in [3.63, 3.8) is 0 Å². The molecule has 11 heteroatoms. The Balaban J connectivity index is 1.66. The minimum Gasteiger partial charge on any atom is -0.406 e. The molecule has 0 fully saturated rings. The highest BCUT2D eigenvalue weighted by Crippen LogP contribution is 2.38. The molecule has 1 amide bonds. The van der Waals surface area contributed by atoms with Gasteiger partial charge in [0.25, 0.3) is 5.91 Å². The summed E-state index contributed by atoms with van der Waals surface area (Å²) in [5.74, 6) is 4.70. The molecule has 1 aromatic heterocycles. The molecule has 3 aromatic carbocycles. The molecule has 1 heterocycles. The van der Waals surface area contributed by atoms with Crippen LogP contribution < -0.4 is 10.1 Å². The van der Waals surface area contributed by atoms with Gasteiger partial charge in [-0.15, -0.1) is 30.4 Å². The SMILES string of the molecule is CC#Cc1cc(OC(F)(F)F)cc(C(C)(C)c2cc(Cl)cc(NC(=O)c3cc4cc(C(C)(C)S(C)(=O)=O)ccc4s3)c2)c1. The normalized spacial score (nSPS) is 12.5. The Kier molecular flexibility index (Phi) is 8.68. The van der Waals surface area contributed by atoms with Crippen LogP contribution in [0.3, 0.4) is 0 Å².